The van der Waals surface area contributed by atoms with Crippen LogP contribution in [-0.2, 0) is 0 Å². The molecular formula is C21H14N2O5. The molecule has 3 aromatic rings. The highest BCUT2D eigenvalue weighted by molar-refractivity contribution is 6.24. The van der Waals surface area contributed by atoms with Crippen LogP contribution in [-0.4, -0.2) is 20.9 Å². The van der Waals surface area contributed by atoms with Crippen LogP contribution in [0.5, 0.6) is 11.5 Å². The van der Waals surface area contributed by atoms with Crippen molar-refractivity contribution in [1.82, 2.24) is 0 Å². The summed E-state index contributed by atoms with van der Waals surface area (Å²) in [5.41, 5.74) is 0.685. The molecular weight excluding hydrogens is 360 g/mol. The first-order valence-corrected chi connectivity index (χ1v) is 8.33. The molecule has 0 amide bonds. The number of nitro groups is 1. The summed E-state index contributed by atoms with van der Waals surface area (Å²) in [7, 11) is 0. The number of nitrogens with one attached hydrogen (secondary N) is 1. The quantitative estimate of drug-likeness (QED) is 0.279. The molecule has 0 spiro atoms. The zero-order valence-electron chi connectivity index (χ0n) is 14.5. The predicted octanol–water partition coefficient (Wildman–Crippen LogP) is 4.36. The first-order valence-electron chi connectivity index (χ1n) is 8.33. The average molecular weight is 374 g/mol. The molecule has 7 heteroatoms. The van der Waals surface area contributed by atoms with Crippen LogP contribution in [0.4, 0.5) is 17.1 Å². The number of nitro benzene ring substituents is 1. The number of phenolic OH excluding ortho intramolecular Hbond substituents is 2. The maximum atomic E-state index is 13.3. The van der Waals surface area contributed by atoms with Gasteiger partial charge in [0.25, 0.3) is 5.69 Å². The van der Waals surface area contributed by atoms with Crippen molar-refractivity contribution < 1.29 is 19.9 Å². The van der Waals surface area contributed by atoms with Crippen LogP contribution in [0.2, 0.25) is 0 Å². The van der Waals surface area contributed by atoms with Crippen LogP contribution in [0.25, 0.3) is 5.57 Å². The Balaban J connectivity index is 1.99. The molecule has 0 atom stereocenters. The molecule has 0 bridgehead atoms. The van der Waals surface area contributed by atoms with Gasteiger partial charge in [-0.05, 0) is 35.9 Å². The first-order chi connectivity index (χ1) is 13.4. The zero-order valence-corrected chi connectivity index (χ0v) is 14.5. The Kier molecular flexibility index (Phi) is 3.85. The number of rotatable bonds is 3. The fourth-order valence-corrected chi connectivity index (χ4v) is 3.43. The molecule has 3 N–H and O–H groups in total. The number of benzene rings is 3. The summed E-state index contributed by atoms with van der Waals surface area (Å²) in [5, 5.41) is 35.2. The predicted molar refractivity (Wildman–Crippen MR) is 104 cm³/mol. The van der Waals surface area contributed by atoms with Crippen LogP contribution in [0.3, 0.4) is 0 Å². The monoisotopic (exact) mass is 374 g/mol. The maximum absolute atomic E-state index is 13.3. The SMILES string of the molecule is C=C1c2c(O)ccc(Nc3ccccc3)c2C(=O)c2c([N+](=O)[O-])ccc(O)c21. The minimum absolute atomic E-state index is 0.0427. The highest BCUT2D eigenvalue weighted by Crippen LogP contribution is 2.48. The lowest BCUT2D eigenvalue weighted by molar-refractivity contribution is -0.385. The number of carbonyl (C=O) groups excluding carboxylic acids is 1. The lowest BCUT2D eigenvalue weighted by atomic mass is 9.79. The Morgan fingerprint density at radius 3 is 2.11 bits per heavy atom. The first kappa shape index (κ1) is 17.3. The molecule has 0 heterocycles. The summed E-state index contributed by atoms with van der Waals surface area (Å²) < 4.78 is 0. The number of hydrogen-bond acceptors (Lipinski definition) is 6. The van der Waals surface area contributed by atoms with E-state index in [2.05, 4.69) is 11.9 Å². The van der Waals surface area contributed by atoms with Crippen LogP contribution < -0.4 is 5.32 Å². The third-order valence-electron chi connectivity index (χ3n) is 4.65. The number of carbonyl (C=O) groups is 1. The summed E-state index contributed by atoms with van der Waals surface area (Å²) >= 11 is 0. The van der Waals surface area contributed by atoms with Gasteiger partial charge in [0.1, 0.15) is 17.1 Å². The Morgan fingerprint density at radius 2 is 1.46 bits per heavy atom. The Bertz CT molecular complexity index is 1170. The fourth-order valence-electron chi connectivity index (χ4n) is 3.43. The highest BCUT2D eigenvalue weighted by atomic mass is 16.6. The summed E-state index contributed by atoms with van der Waals surface area (Å²) in [6, 6.07) is 14.2. The van der Waals surface area contributed by atoms with Gasteiger partial charge in [-0.15, -0.1) is 0 Å². The van der Waals surface area contributed by atoms with Crippen LogP contribution in [0.15, 0.2) is 61.2 Å². The largest absolute Gasteiger partial charge is 0.507 e. The third-order valence-corrected chi connectivity index (χ3v) is 4.65. The second-order valence-electron chi connectivity index (χ2n) is 6.29. The van der Waals surface area contributed by atoms with E-state index in [4.69, 9.17) is 0 Å². The number of para-hydroxylation sites is 1. The third kappa shape index (κ3) is 2.49. The molecule has 0 aromatic heterocycles. The number of phenols is 2. The minimum Gasteiger partial charge on any atom is -0.507 e. The topological polar surface area (TPSA) is 113 Å². The van der Waals surface area contributed by atoms with Gasteiger partial charge >= 0.3 is 0 Å². The number of aromatic hydroxyl groups is 2. The van der Waals surface area contributed by atoms with Gasteiger partial charge < -0.3 is 15.5 Å². The molecule has 0 fully saturated rings. The van der Waals surface area contributed by atoms with E-state index >= 15 is 0 Å². The normalized spacial score (nSPS) is 12.3. The van der Waals surface area contributed by atoms with Gasteiger partial charge in [0.05, 0.1) is 16.2 Å². The van der Waals surface area contributed by atoms with Crippen LogP contribution in [0, 0.1) is 10.1 Å². The van der Waals surface area contributed by atoms with Crippen molar-refractivity contribution in [1.29, 1.82) is 0 Å². The Morgan fingerprint density at radius 1 is 0.857 bits per heavy atom. The second-order valence-corrected chi connectivity index (χ2v) is 6.29. The minimum atomic E-state index is -0.679. The van der Waals surface area contributed by atoms with E-state index < -0.39 is 16.4 Å². The van der Waals surface area contributed by atoms with Crippen molar-refractivity contribution >= 4 is 28.4 Å². The van der Waals surface area contributed by atoms with E-state index in [-0.39, 0.29) is 39.3 Å². The number of hydrogen-bond donors (Lipinski definition) is 3. The molecule has 3 aromatic carbocycles. The molecule has 0 saturated carbocycles. The van der Waals surface area contributed by atoms with E-state index in [0.717, 1.165) is 12.1 Å². The van der Waals surface area contributed by atoms with Crippen LogP contribution >= 0.6 is 0 Å². The van der Waals surface area contributed by atoms with E-state index in [9.17, 15) is 25.1 Å². The summed E-state index contributed by atoms with van der Waals surface area (Å²) in [6.07, 6.45) is 0. The molecule has 0 saturated heterocycles. The molecule has 28 heavy (non-hydrogen) atoms. The zero-order chi connectivity index (χ0) is 20.0. The highest BCUT2D eigenvalue weighted by Gasteiger charge is 2.37. The standard InChI is InChI=1S/C21H14N2O5/c1-11-17-15(24)9-7-13(22-12-5-3-2-4-6-12)19(17)21(26)20-14(23(27)28)8-10-16(25)18(11)20/h2-10,22,24-25H,1H2. The smallest absolute Gasteiger partial charge is 0.281 e. The molecule has 0 unspecified atom stereocenters. The van der Waals surface area contributed by atoms with Gasteiger partial charge in [-0.2, -0.15) is 0 Å². The summed E-state index contributed by atoms with van der Waals surface area (Å²) in [6.45, 7) is 3.88. The number of ketones is 1. The molecule has 4 rings (SSSR count). The average Bonchev–Trinajstić information content (AvgIpc) is 2.67. The van der Waals surface area contributed by atoms with Crippen molar-refractivity contribution in [2.24, 2.45) is 0 Å². The van der Waals surface area contributed by atoms with Crippen molar-refractivity contribution in [3.63, 3.8) is 0 Å². The van der Waals surface area contributed by atoms with Gasteiger partial charge in [-0.25, -0.2) is 0 Å². The van der Waals surface area contributed by atoms with Crippen LogP contribution in [0.1, 0.15) is 27.0 Å². The van der Waals surface area contributed by atoms with Crippen molar-refractivity contribution in [2.45, 2.75) is 0 Å². The van der Waals surface area contributed by atoms with E-state index in [1.807, 2.05) is 18.2 Å². The summed E-state index contributed by atoms with van der Waals surface area (Å²) in [5.74, 6) is -1.19. The molecule has 1 aliphatic rings. The van der Waals surface area contributed by atoms with Gasteiger partial charge in [0.2, 0.25) is 5.78 Å². The van der Waals surface area contributed by atoms with Gasteiger partial charge in [-0.3, -0.25) is 14.9 Å². The second kappa shape index (κ2) is 6.24. The number of anilines is 2. The number of fused-ring (bicyclic) bond motifs is 2. The van der Waals surface area contributed by atoms with Gasteiger partial charge in [0.15, 0.2) is 0 Å². The molecule has 7 nitrogen and oxygen atoms in total. The maximum Gasteiger partial charge on any atom is 0.281 e. The van der Waals surface area contributed by atoms with E-state index in [1.54, 1.807) is 12.1 Å². The molecule has 0 radical (unpaired) electrons. The summed E-state index contributed by atoms with van der Waals surface area (Å²) in [4.78, 5) is 24.1. The molecule has 138 valence electrons. The van der Waals surface area contributed by atoms with E-state index in [1.165, 1.54) is 12.1 Å². The van der Waals surface area contributed by atoms with Gasteiger partial charge in [0, 0.05) is 22.9 Å². The molecule has 0 aliphatic heterocycles. The van der Waals surface area contributed by atoms with Crippen molar-refractivity contribution in [2.75, 3.05) is 5.32 Å². The van der Waals surface area contributed by atoms with Crippen molar-refractivity contribution in [3.8, 4) is 11.5 Å². The molecule has 1 aliphatic carbocycles. The number of nitrogens with zero attached hydrogens (tertiary/aromatic N) is 1. The van der Waals surface area contributed by atoms with Gasteiger partial charge in [-0.1, -0.05) is 24.8 Å². The lowest BCUT2D eigenvalue weighted by Gasteiger charge is -2.24. The fraction of sp³-hybridized carbons (Fsp3) is 0. The lowest BCUT2D eigenvalue weighted by Crippen LogP contribution is -2.18. The van der Waals surface area contributed by atoms with Crippen molar-refractivity contribution in [3.05, 3.63) is 93.5 Å². The Hall–Kier alpha value is -4.13. The Labute approximate surface area is 159 Å². The van der Waals surface area contributed by atoms with E-state index in [0.29, 0.717) is 11.4 Å².